The van der Waals surface area contributed by atoms with Crippen LogP contribution in [0.4, 0.5) is 0 Å². The van der Waals surface area contributed by atoms with E-state index in [1.54, 1.807) is 18.2 Å². The Morgan fingerprint density at radius 3 is 2.34 bits per heavy atom. The minimum absolute atomic E-state index is 0.144. The van der Waals surface area contributed by atoms with Crippen LogP contribution in [0, 0.1) is 0 Å². The minimum atomic E-state index is -3.66. The third kappa shape index (κ3) is 6.46. The number of halogens is 2. The lowest BCUT2D eigenvalue weighted by atomic mass is 10.2. The molecule has 0 atom stereocenters. The van der Waals surface area contributed by atoms with Crippen molar-refractivity contribution >= 4 is 39.1 Å². The van der Waals surface area contributed by atoms with Crippen LogP contribution in [0.2, 0.25) is 10.0 Å². The molecule has 0 aromatic heterocycles. The highest BCUT2D eigenvalue weighted by Gasteiger charge is 2.21. The maximum absolute atomic E-state index is 12.8. The molecule has 1 N–H and O–H groups in total. The van der Waals surface area contributed by atoms with Gasteiger partial charge in [-0.2, -0.15) is 4.31 Å². The molecule has 0 heterocycles. The second-order valence-corrected chi connectivity index (χ2v) is 9.91. The van der Waals surface area contributed by atoms with Gasteiger partial charge in [-0.1, -0.05) is 59.6 Å². The third-order valence-electron chi connectivity index (χ3n) is 4.64. The van der Waals surface area contributed by atoms with Crippen molar-refractivity contribution in [3.63, 3.8) is 0 Å². The van der Waals surface area contributed by atoms with Crippen molar-refractivity contribution in [1.29, 1.82) is 0 Å². The van der Waals surface area contributed by atoms with Gasteiger partial charge in [0, 0.05) is 30.2 Å². The fourth-order valence-electron chi connectivity index (χ4n) is 2.87. The molecule has 3 aromatic rings. The lowest BCUT2D eigenvalue weighted by Gasteiger charge is -2.17. The van der Waals surface area contributed by atoms with E-state index in [9.17, 15) is 13.2 Å². The zero-order valence-electron chi connectivity index (χ0n) is 17.3. The lowest BCUT2D eigenvalue weighted by molar-refractivity contribution is -0.123. The first-order valence-corrected chi connectivity index (χ1v) is 11.9. The van der Waals surface area contributed by atoms with Gasteiger partial charge in [0.1, 0.15) is 5.75 Å². The maximum Gasteiger partial charge on any atom is 0.258 e. The van der Waals surface area contributed by atoms with Crippen molar-refractivity contribution in [3.8, 4) is 5.75 Å². The normalized spacial score (nSPS) is 11.4. The van der Waals surface area contributed by atoms with E-state index in [0.29, 0.717) is 15.8 Å². The summed E-state index contributed by atoms with van der Waals surface area (Å²) in [6, 6.07) is 20.3. The Labute approximate surface area is 197 Å². The van der Waals surface area contributed by atoms with E-state index in [0.717, 1.165) is 11.1 Å². The Balaban J connectivity index is 1.53. The number of sulfonamides is 1. The predicted molar refractivity (Wildman–Crippen MR) is 125 cm³/mol. The second kappa shape index (κ2) is 10.8. The van der Waals surface area contributed by atoms with Crippen LogP contribution in [-0.2, 0) is 27.9 Å². The van der Waals surface area contributed by atoms with Crippen LogP contribution in [0.25, 0.3) is 0 Å². The fourth-order valence-corrected chi connectivity index (χ4v) is 4.51. The summed E-state index contributed by atoms with van der Waals surface area (Å²) in [6.45, 7) is 0.285. The summed E-state index contributed by atoms with van der Waals surface area (Å²) in [4.78, 5) is 12.2. The number of hydrogen-bond acceptors (Lipinski definition) is 4. The van der Waals surface area contributed by atoms with Crippen LogP contribution >= 0.6 is 23.2 Å². The van der Waals surface area contributed by atoms with Gasteiger partial charge in [0.15, 0.2) is 6.61 Å². The van der Waals surface area contributed by atoms with Gasteiger partial charge in [-0.25, -0.2) is 8.42 Å². The molecule has 168 valence electrons. The van der Waals surface area contributed by atoms with Crippen molar-refractivity contribution in [3.05, 3.63) is 94.0 Å². The number of nitrogens with zero attached hydrogens (tertiary/aromatic N) is 1. The molecule has 0 unspecified atom stereocenters. The monoisotopic (exact) mass is 492 g/mol. The number of amides is 1. The predicted octanol–water partition coefficient (Wildman–Crippen LogP) is 4.51. The Morgan fingerprint density at radius 2 is 1.69 bits per heavy atom. The van der Waals surface area contributed by atoms with E-state index in [2.05, 4.69) is 5.32 Å². The molecule has 1 amide bonds. The first-order valence-electron chi connectivity index (χ1n) is 9.69. The summed E-state index contributed by atoms with van der Waals surface area (Å²) in [7, 11) is -2.12. The molecule has 3 aromatic carbocycles. The van der Waals surface area contributed by atoms with Gasteiger partial charge in [-0.15, -0.1) is 0 Å². The molecule has 0 bridgehead atoms. The van der Waals surface area contributed by atoms with Gasteiger partial charge >= 0.3 is 0 Å². The molecule has 32 heavy (non-hydrogen) atoms. The van der Waals surface area contributed by atoms with Crippen molar-refractivity contribution < 1.29 is 17.9 Å². The van der Waals surface area contributed by atoms with Crippen LogP contribution in [0.15, 0.2) is 77.7 Å². The van der Waals surface area contributed by atoms with Crippen LogP contribution in [-0.4, -0.2) is 32.3 Å². The molecule has 0 aliphatic rings. The summed E-state index contributed by atoms with van der Waals surface area (Å²) >= 11 is 11.9. The maximum atomic E-state index is 12.8. The van der Waals surface area contributed by atoms with Gasteiger partial charge in [0.2, 0.25) is 10.0 Å². The molecule has 0 fully saturated rings. The molecule has 0 spiro atoms. The van der Waals surface area contributed by atoms with Gasteiger partial charge in [0.05, 0.1) is 4.90 Å². The summed E-state index contributed by atoms with van der Waals surface area (Å²) in [5.41, 5.74) is 1.63. The molecule has 0 radical (unpaired) electrons. The van der Waals surface area contributed by atoms with Crippen LogP contribution < -0.4 is 10.1 Å². The van der Waals surface area contributed by atoms with Crippen molar-refractivity contribution in [2.45, 2.75) is 18.0 Å². The molecular formula is C23H22Cl2N2O4S. The van der Waals surface area contributed by atoms with E-state index in [4.69, 9.17) is 27.9 Å². The van der Waals surface area contributed by atoms with E-state index in [1.807, 2.05) is 30.3 Å². The Kier molecular flexibility index (Phi) is 8.15. The minimum Gasteiger partial charge on any atom is -0.484 e. The van der Waals surface area contributed by atoms with Crippen molar-refractivity contribution in [1.82, 2.24) is 9.62 Å². The highest BCUT2D eigenvalue weighted by atomic mass is 35.5. The number of hydrogen-bond donors (Lipinski definition) is 1. The molecule has 0 aliphatic heterocycles. The topological polar surface area (TPSA) is 75.7 Å². The molecule has 6 nitrogen and oxygen atoms in total. The quantitative estimate of drug-likeness (QED) is 0.476. The standard InChI is InChI=1S/C23H22Cl2N2O4S/c1-27(15-17-5-3-2-4-6-17)32(29,30)21-11-9-20(10-12-21)31-16-23(28)26-14-18-7-8-19(24)13-22(18)25/h2-13H,14-16H2,1H3,(H,26,28). The highest BCUT2D eigenvalue weighted by molar-refractivity contribution is 7.89. The molecule has 0 saturated carbocycles. The smallest absolute Gasteiger partial charge is 0.258 e. The van der Waals surface area contributed by atoms with Crippen LogP contribution in [0.1, 0.15) is 11.1 Å². The molecule has 3 rings (SSSR count). The molecule has 9 heteroatoms. The Bertz CT molecular complexity index is 1170. The summed E-state index contributed by atoms with van der Waals surface area (Å²) in [5, 5.41) is 3.69. The first kappa shape index (κ1) is 24.1. The highest BCUT2D eigenvalue weighted by Crippen LogP contribution is 2.21. The zero-order valence-corrected chi connectivity index (χ0v) is 19.6. The van der Waals surface area contributed by atoms with Gasteiger partial charge < -0.3 is 10.1 Å². The lowest BCUT2D eigenvalue weighted by Crippen LogP contribution is -2.28. The number of nitrogens with one attached hydrogen (secondary N) is 1. The van der Waals surface area contributed by atoms with E-state index in [-0.39, 0.29) is 30.5 Å². The van der Waals surface area contributed by atoms with Crippen molar-refractivity contribution in [2.24, 2.45) is 0 Å². The zero-order chi connectivity index (χ0) is 23.1. The van der Waals surface area contributed by atoms with Crippen molar-refractivity contribution in [2.75, 3.05) is 13.7 Å². The molecule has 0 aliphatic carbocycles. The van der Waals surface area contributed by atoms with E-state index >= 15 is 0 Å². The Hall–Kier alpha value is -2.58. The van der Waals surface area contributed by atoms with Gasteiger partial charge in [-0.05, 0) is 47.5 Å². The van der Waals surface area contributed by atoms with E-state index < -0.39 is 10.0 Å². The SMILES string of the molecule is CN(Cc1ccccc1)S(=O)(=O)c1ccc(OCC(=O)NCc2ccc(Cl)cc2Cl)cc1. The molecule has 0 saturated heterocycles. The largest absolute Gasteiger partial charge is 0.484 e. The fraction of sp³-hybridized carbons (Fsp3) is 0.174. The van der Waals surface area contributed by atoms with Crippen LogP contribution in [0.5, 0.6) is 5.75 Å². The summed E-state index contributed by atoms with van der Waals surface area (Å²) in [5.74, 6) is 0.0460. The number of carbonyl (C=O) groups is 1. The third-order valence-corrected chi connectivity index (χ3v) is 7.05. The average molecular weight is 493 g/mol. The number of carbonyl (C=O) groups excluding carboxylic acids is 1. The summed E-state index contributed by atoms with van der Waals surface area (Å²) in [6.07, 6.45) is 0. The van der Waals surface area contributed by atoms with Crippen LogP contribution in [0.3, 0.4) is 0 Å². The number of rotatable bonds is 9. The Morgan fingerprint density at radius 1 is 1.00 bits per heavy atom. The first-order chi connectivity index (χ1) is 15.3. The second-order valence-electron chi connectivity index (χ2n) is 7.02. The van der Waals surface area contributed by atoms with E-state index in [1.165, 1.54) is 35.6 Å². The van der Waals surface area contributed by atoms with Gasteiger partial charge in [0.25, 0.3) is 5.91 Å². The van der Waals surface area contributed by atoms with Gasteiger partial charge in [-0.3, -0.25) is 4.79 Å². The molecular weight excluding hydrogens is 471 g/mol. The summed E-state index contributed by atoms with van der Waals surface area (Å²) < 4.78 is 32.3. The number of ether oxygens (including phenoxy) is 1. The number of benzene rings is 3. The average Bonchev–Trinajstić information content (AvgIpc) is 2.78.